The SMILES string of the molecule is O=C(CCN1C(=O)c2ccc(Br)cc2C1=O)Nc1cccc2cccnc12. The van der Waals surface area contributed by atoms with Crippen LogP contribution < -0.4 is 5.32 Å². The van der Waals surface area contributed by atoms with E-state index < -0.39 is 0 Å². The monoisotopic (exact) mass is 423 g/mol. The Labute approximate surface area is 163 Å². The molecule has 0 radical (unpaired) electrons. The van der Waals surface area contributed by atoms with Crippen molar-refractivity contribution >= 4 is 50.2 Å². The van der Waals surface area contributed by atoms with Gasteiger partial charge in [0.25, 0.3) is 11.8 Å². The van der Waals surface area contributed by atoms with Gasteiger partial charge in [-0.15, -0.1) is 0 Å². The summed E-state index contributed by atoms with van der Waals surface area (Å²) in [5.74, 6) is -1.04. The van der Waals surface area contributed by atoms with E-state index in [1.54, 1.807) is 30.5 Å². The van der Waals surface area contributed by atoms with Crippen LogP contribution in [0.2, 0.25) is 0 Å². The molecule has 2 aromatic carbocycles. The quantitative estimate of drug-likeness (QED) is 0.649. The van der Waals surface area contributed by atoms with Crippen LogP contribution in [-0.4, -0.2) is 34.2 Å². The number of halogens is 1. The Bertz CT molecular complexity index is 1090. The summed E-state index contributed by atoms with van der Waals surface area (Å²) < 4.78 is 0.727. The maximum atomic E-state index is 12.4. The number of hydrogen-bond acceptors (Lipinski definition) is 4. The lowest BCUT2D eigenvalue weighted by atomic mass is 10.1. The number of imide groups is 1. The van der Waals surface area contributed by atoms with Crippen molar-refractivity contribution in [1.82, 2.24) is 9.88 Å². The van der Waals surface area contributed by atoms with E-state index >= 15 is 0 Å². The minimum atomic E-state index is -0.379. The van der Waals surface area contributed by atoms with Crippen LogP contribution in [0, 0.1) is 0 Å². The van der Waals surface area contributed by atoms with Crippen molar-refractivity contribution in [3.63, 3.8) is 0 Å². The van der Waals surface area contributed by atoms with Crippen LogP contribution in [0.3, 0.4) is 0 Å². The van der Waals surface area contributed by atoms with Gasteiger partial charge in [-0.2, -0.15) is 0 Å². The van der Waals surface area contributed by atoms with Crippen LogP contribution in [0.4, 0.5) is 5.69 Å². The number of amides is 3. The van der Waals surface area contributed by atoms with Gasteiger partial charge in [-0.1, -0.05) is 34.1 Å². The normalized spacial score (nSPS) is 13.1. The number of pyridine rings is 1. The number of nitrogens with one attached hydrogen (secondary N) is 1. The third kappa shape index (κ3) is 3.21. The largest absolute Gasteiger partial charge is 0.324 e. The number of hydrogen-bond donors (Lipinski definition) is 1. The van der Waals surface area contributed by atoms with E-state index in [0.29, 0.717) is 22.3 Å². The molecule has 6 nitrogen and oxygen atoms in total. The number of rotatable bonds is 4. The molecule has 2 heterocycles. The van der Waals surface area contributed by atoms with Crippen LogP contribution in [-0.2, 0) is 4.79 Å². The zero-order chi connectivity index (χ0) is 19.0. The van der Waals surface area contributed by atoms with Gasteiger partial charge in [-0.05, 0) is 30.3 Å². The van der Waals surface area contributed by atoms with Gasteiger partial charge < -0.3 is 5.32 Å². The maximum Gasteiger partial charge on any atom is 0.261 e. The molecule has 3 aromatic rings. The zero-order valence-corrected chi connectivity index (χ0v) is 15.7. The van der Waals surface area contributed by atoms with E-state index in [0.717, 1.165) is 14.8 Å². The summed E-state index contributed by atoms with van der Waals surface area (Å²) in [5, 5.41) is 3.73. The van der Waals surface area contributed by atoms with Crippen molar-refractivity contribution in [2.24, 2.45) is 0 Å². The highest BCUT2D eigenvalue weighted by Gasteiger charge is 2.35. The Morgan fingerprint density at radius 2 is 1.81 bits per heavy atom. The summed E-state index contributed by atoms with van der Waals surface area (Å²) in [6.45, 7) is 0.0218. The first-order valence-electron chi connectivity index (χ1n) is 8.34. The molecule has 1 N–H and O–H groups in total. The van der Waals surface area contributed by atoms with Crippen molar-refractivity contribution in [3.8, 4) is 0 Å². The van der Waals surface area contributed by atoms with Gasteiger partial charge in [0.15, 0.2) is 0 Å². The molecule has 0 unspecified atom stereocenters. The molecule has 7 heteroatoms. The molecule has 3 amide bonds. The third-order valence-corrected chi connectivity index (χ3v) is 4.90. The van der Waals surface area contributed by atoms with Gasteiger partial charge in [0.05, 0.1) is 22.3 Å². The van der Waals surface area contributed by atoms with E-state index in [9.17, 15) is 14.4 Å². The molecule has 0 bridgehead atoms. The molecule has 0 atom stereocenters. The van der Waals surface area contributed by atoms with E-state index in [1.165, 1.54) is 0 Å². The van der Waals surface area contributed by atoms with E-state index in [1.807, 2.05) is 24.3 Å². The molecule has 1 aromatic heterocycles. The van der Waals surface area contributed by atoms with Crippen molar-refractivity contribution in [1.29, 1.82) is 0 Å². The predicted molar refractivity (Wildman–Crippen MR) is 104 cm³/mol. The molecule has 27 heavy (non-hydrogen) atoms. The third-order valence-electron chi connectivity index (χ3n) is 4.40. The highest BCUT2D eigenvalue weighted by atomic mass is 79.9. The number of nitrogens with zero attached hydrogens (tertiary/aromatic N) is 2. The molecule has 0 fully saturated rings. The Balaban J connectivity index is 1.46. The van der Waals surface area contributed by atoms with E-state index in [2.05, 4.69) is 26.2 Å². The second kappa shape index (κ2) is 6.92. The Morgan fingerprint density at radius 1 is 1.04 bits per heavy atom. The lowest BCUT2D eigenvalue weighted by Gasteiger charge is -2.14. The van der Waals surface area contributed by atoms with Crippen molar-refractivity contribution < 1.29 is 14.4 Å². The molecule has 0 saturated carbocycles. The van der Waals surface area contributed by atoms with E-state index in [4.69, 9.17) is 0 Å². The molecule has 4 rings (SSSR count). The molecule has 0 aliphatic carbocycles. The Morgan fingerprint density at radius 3 is 2.67 bits per heavy atom. The number of benzene rings is 2. The van der Waals surface area contributed by atoms with E-state index in [-0.39, 0.29) is 30.7 Å². The van der Waals surface area contributed by atoms with Crippen LogP contribution in [0.1, 0.15) is 27.1 Å². The summed E-state index contributed by atoms with van der Waals surface area (Å²) >= 11 is 3.30. The van der Waals surface area contributed by atoms with Gasteiger partial charge in [0.2, 0.25) is 5.91 Å². The van der Waals surface area contributed by atoms with Gasteiger partial charge in [0, 0.05) is 29.0 Å². The highest BCUT2D eigenvalue weighted by molar-refractivity contribution is 9.10. The number of carbonyl (C=O) groups is 3. The van der Waals surface area contributed by atoms with Crippen LogP contribution >= 0.6 is 15.9 Å². The van der Waals surface area contributed by atoms with Gasteiger partial charge in [0.1, 0.15) is 0 Å². The molecular formula is C20H14BrN3O3. The lowest BCUT2D eigenvalue weighted by Crippen LogP contribution is -2.32. The van der Waals surface area contributed by atoms with Gasteiger partial charge in [-0.3, -0.25) is 24.3 Å². The molecule has 1 aliphatic rings. The predicted octanol–water partition coefficient (Wildman–Crippen LogP) is 3.62. The first-order chi connectivity index (χ1) is 13.0. The zero-order valence-electron chi connectivity index (χ0n) is 14.1. The molecular weight excluding hydrogens is 410 g/mol. The summed E-state index contributed by atoms with van der Waals surface area (Å²) in [6, 6.07) is 14.2. The second-order valence-electron chi connectivity index (χ2n) is 6.13. The summed E-state index contributed by atoms with van der Waals surface area (Å²) in [6.07, 6.45) is 1.67. The second-order valence-corrected chi connectivity index (χ2v) is 7.05. The summed E-state index contributed by atoms with van der Waals surface area (Å²) in [4.78, 5) is 42.6. The van der Waals surface area contributed by atoms with Crippen molar-refractivity contribution in [2.75, 3.05) is 11.9 Å². The average molecular weight is 424 g/mol. The summed E-state index contributed by atoms with van der Waals surface area (Å²) in [7, 11) is 0. The highest BCUT2D eigenvalue weighted by Crippen LogP contribution is 2.26. The fourth-order valence-corrected chi connectivity index (χ4v) is 3.46. The van der Waals surface area contributed by atoms with Crippen LogP contribution in [0.25, 0.3) is 10.9 Å². The van der Waals surface area contributed by atoms with Crippen LogP contribution in [0.15, 0.2) is 59.2 Å². The molecule has 0 spiro atoms. The standard InChI is InChI=1S/C20H14BrN3O3/c21-13-6-7-14-15(11-13)20(27)24(19(14)26)10-8-17(25)23-16-5-1-3-12-4-2-9-22-18(12)16/h1-7,9,11H,8,10H2,(H,23,25). The first-order valence-corrected chi connectivity index (χ1v) is 9.13. The smallest absolute Gasteiger partial charge is 0.261 e. The molecule has 134 valence electrons. The molecule has 1 aliphatic heterocycles. The fourth-order valence-electron chi connectivity index (χ4n) is 3.10. The average Bonchev–Trinajstić information content (AvgIpc) is 2.90. The summed E-state index contributed by atoms with van der Waals surface area (Å²) in [5.41, 5.74) is 2.01. The van der Waals surface area contributed by atoms with Crippen molar-refractivity contribution in [3.05, 3.63) is 70.3 Å². The minimum Gasteiger partial charge on any atom is -0.324 e. The number of carbonyl (C=O) groups excluding carboxylic acids is 3. The maximum absolute atomic E-state index is 12.4. The fraction of sp³-hybridized carbons (Fsp3) is 0.100. The van der Waals surface area contributed by atoms with Gasteiger partial charge >= 0.3 is 0 Å². The molecule has 0 saturated heterocycles. The van der Waals surface area contributed by atoms with Gasteiger partial charge in [-0.25, -0.2) is 0 Å². The minimum absolute atomic E-state index is 0.00978. The lowest BCUT2D eigenvalue weighted by molar-refractivity contribution is -0.116. The number of anilines is 1. The number of fused-ring (bicyclic) bond motifs is 2. The Kier molecular flexibility index (Phi) is 4.45. The Hall–Kier alpha value is -3.06. The van der Waals surface area contributed by atoms with Crippen LogP contribution in [0.5, 0.6) is 0 Å². The topological polar surface area (TPSA) is 79.4 Å². The first kappa shape index (κ1) is 17.4. The number of para-hydroxylation sites is 1. The number of aromatic nitrogens is 1. The van der Waals surface area contributed by atoms with Crippen molar-refractivity contribution in [2.45, 2.75) is 6.42 Å².